The van der Waals surface area contributed by atoms with E-state index in [1.54, 1.807) is 7.05 Å². The summed E-state index contributed by atoms with van der Waals surface area (Å²) in [5.74, 6) is -0.803. The molecular formula is C6H8N2O3. The summed E-state index contributed by atoms with van der Waals surface area (Å²) >= 11 is 0. The van der Waals surface area contributed by atoms with E-state index < -0.39 is 5.97 Å². The Morgan fingerprint density at radius 1 is 1.82 bits per heavy atom. The van der Waals surface area contributed by atoms with E-state index in [1.165, 1.54) is 18.0 Å². The number of carboxylic acids is 1. The predicted molar refractivity (Wildman–Crippen MR) is 36.7 cm³/mol. The molecular weight excluding hydrogens is 148 g/mol. The van der Waals surface area contributed by atoms with Crippen molar-refractivity contribution in [3.05, 3.63) is 11.9 Å². The normalized spacial score (nSPS) is 9.64. The minimum Gasteiger partial charge on any atom is -0.493 e. The first-order valence-electron chi connectivity index (χ1n) is 2.96. The smallest absolute Gasteiger partial charge is 0.360 e. The Kier molecular flexibility index (Phi) is 1.80. The number of aromatic carboxylic acids is 1. The van der Waals surface area contributed by atoms with Gasteiger partial charge in [-0.3, -0.25) is 4.68 Å². The molecule has 0 unspecified atom stereocenters. The molecule has 0 saturated heterocycles. The van der Waals surface area contributed by atoms with E-state index in [2.05, 4.69) is 5.10 Å². The molecule has 1 rings (SSSR count). The van der Waals surface area contributed by atoms with Crippen molar-refractivity contribution >= 4 is 5.97 Å². The third-order valence-electron chi connectivity index (χ3n) is 1.22. The lowest BCUT2D eigenvalue weighted by molar-refractivity contribution is 0.0686. The Morgan fingerprint density at radius 3 is 2.82 bits per heavy atom. The first-order valence-corrected chi connectivity index (χ1v) is 2.96. The molecule has 0 aromatic carbocycles. The molecule has 11 heavy (non-hydrogen) atoms. The average molecular weight is 156 g/mol. The van der Waals surface area contributed by atoms with Crippen molar-refractivity contribution in [1.82, 2.24) is 9.78 Å². The van der Waals surface area contributed by atoms with E-state index in [-0.39, 0.29) is 11.4 Å². The Morgan fingerprint density at radius 2 is 2.45 bits per heavy atom. The van der Waals surface area contributed by atoms with Gasteiger partial charge in [-0.25, -0.2) is 4.79 Å². The summed E-state index contributed by atoms with van der Waals surface area (Å²) in [6.45, 7) is 0. The molecule has 1 aromatic rings. The van der Waals surface area contributed by atoms with E-state index in [9.17, 15) is 4.79 Å². The minimum absolute atomic E-state index is 0.0602. The molecule has 0 bridgehead atoms. The number of carbonyl (C=O) groups is 1. The van der Waals surface area contributed by atoms with Crippen LogP contribution in [-0.2, 0) is 7.05 Å². The Labute approximate surface area is 63.2 Å². The molecule has 0 radical (unpaired) electrons. The fraction of sp³-hybridized carbons (Fsp3) is 0.333. The maximum Gasteiger partial charge on any atom is 0.360 e. The topological polar surface area (TPSA) is 64.4 Å². The van der Waals surface area contributed by atoms with E-state index in [0.29, 0.717) is 0 Å². The van der Waals surface area contributed by atoms with Gasteiger partial charge in [0.25, 0.3) is 0 Å². The molecule has 5 heteroatoms. The van der Waals surface area contributed by atoms with Crippen LogP contribution >= 0.6 is 0 Å². The molecule has 5 nitrogen and oxygen atoms in total. The fourth-order valence-electron chi connectivity index (χ4n) is 0.764. The van der Waals surface area contributed by atoms with Crippen molar-refractivity contribution in [1.29, 1.82) is 0 Å². The standard InChI is InChI=1S/C6H8N2O3/c1-8-3-4(11-2)5(7-8)6(9)10/h3H,1-2H3,(H,9,10). The SMILES string of the molecule is COc1cn(C)nc1C(=O)O. The molecule has 0 amide bonds. The number of hydrogen-bond acceptors (Lipinski definition) is 3. The maximum absolute atomic E-state index is 10.4. The molecule has 0 aliphatic heterocycles. The highest BCUT2D eigenvalue weighted by Gasteiger charge is 2.14. The van der Waals surface area contributed by atoms with Crippen LogP contribution in [0.2, 0.25) is 0 Å². The van der Waals surface area contributed by atoms with Crippen molar-refractivity contribution in [2.75, 3.05) is 7.11 Å². The largest absolute Gasteiger partial charge is 0.493 e. The molecule has 0 atom stereocenters. The Bertz CT molecular complexity index is 279. The van der Waals surface area contributed by atoms with Crippen LogP contribution in [0.4, 0.5) is 0 Å². The van der Waals surface area contributed by atoms with Crippen LogP contribution in [0, 0.1) is 0 Å². The zero-order chi connectivity index (χ0) is 8.43. The van der Waals surface area contributed by atoms with Gasteiger partial charge in [-0.05, 0) is 0 Å². The van der Waals surface area contributed by atoms with E-state index in [0.717, 1.165) is 0 Å². The number of methoxy groups -OCH3 is 1. The van der Waals surface area contributed by atoms with Crippen LogP contribution in [0.3, 0.4) is 0 Å². The Hall–Kier alpha value is -1.52. The summed E-state index contributed by atoms with van der Waals surface area (Å²) in [6.07, 6.45) is 1.50. The second-order valence-corrected chi connectivity index (χ2v) is 2.02. The van der Waals surface area contributed by atoms with Crippen molar-refractivity contribution < 1.29 is 14.6 Å². The third-order valence-corrected chi connectivity index (χ3v) is 1.22. The summed E-state index contributed by atoms with van der Waals surface area (Å²) in [6, 6.07) is 0. The first kappa shape index (κ1) is 7.59. The molecule has 1 aromatic heterocycles. The summed E-state index contributed by atoms with van der Waals surface area (Å²) < 4.78 is 6.15. The van der Waals surface area contributed by atoms with Crippen LogP contribution in [0.1, 0.15) is 10.5 Å². The van der Waals surface area contributed by atoms with E-state index in [1.807, 2.05) is 0 Å². The molecule has 0 fully saturated rings. The summed E-state index contributed by atoms with van der Waals surface area (Å²) in [5, 5.41) is 12.2. The predicted octanol–water partition coefficient (Wildman–Crippen LogP) is 0.127. The molecule has 0 spiro atoms. The van der Waals surface area contributed by atoms with Crippen molar-refractivity contribution in [3.8, 4) is 5.75 Å². The number of ether oxygens (including phenoxy) is 1. The molecule has 0 aliphatic carbocycles. The number of rotatable bonds is 2. The lowest BCUT2D eigenvalue weighted by Crippen LogP contribution is -2.00. The summed E-state index contributed by atoms with van der Waals surface area (Å²) in [4.78, 5) is 10.4. The maximum atomic E-state index is 10.4. The van der Waals surface area contributed by atoms with Crippen LogP contribution < -0.4 is 4.74 Å². The van der Waals surface area contributed by atoms with E-state index >= 15 is 0 Å². The van der Waals surface area contributed by atoms with Crippen molar-refractivity contribution in [2.24, 2.45) is 7.05 Å². The van der Waals surface area contributed by atoms with E-state index in [4.69, 9.17) is 9.84 Å². The Balaban J connectivity index is 3.12. The highest BCUT2D eigenvalue weighted by atomic mass is 16.5. The summed E-state index contributed by atoms with van der Waals surface area (Å²) in [5.41, 5.74) is -0.0602. The lowest BCUT2D eigenvalue weighted by Gasteiger charge is -1.92. The number of nitrogens with zero attached hydrogens (tertiary/aromatic N) is 2. The number of aryl methyl sites for hydroxylation is 1. The summed E-state index contributed by atoms with van der Waals surface area (Å²) in [7, 11) is 3.04. The van der Waals surface area contributed by atoms with Gasteiger partial charge in [-0.15, -0.1) is 0 Å². The zero-order valence-electron chi connectivity index (χ0n) is 6.24. The highest BCUT2D eigenvalue weighted by molar-refractivity contribution is 5.88. The second-order valence-electron chi connectivity index (χ2n) is 2.02. The van der Waals surface area contributed by atoms with Gasteiger partial charge < -0.3 is 9.84 Å². The monoisotopic (exact) mass is 156 g/mol. The van der Waals surface area contributed by atoms with Gasteiger partial charge in [0.05, 0.1) is 13.3 Å². The third kappa shape index (κ3) is 1.31. The number of aromatic nitrogens is 2. The van der Waals surface area contributed by atoms with Crippen LogP contribution in [0.5, 0.6) is 5.75 Å². The van der Waals surface area contributed by atoms with Gasteiger partial charge in [0.1, 0.15) is 0 Å². The van der Waals surface area contributed by atoms with Crippen LogP contribution in [-0.4, -0.2) is 28.0 Å². The second kappa shape index (κ2) is 2.61. The molecule has 1 heterocycles. The van der Waals surface area contributed by atoms with Gasteiger partial charge in [0.2, 0.25) is 5.69 Å². The molecule has 0 aliphatic rings. The van der Waals surface area contributed by atoms with Crippen molar-refractivity contribution in [2.45, 2.75) is 0 Å². The van der Waals surface area contributed by atoms with Crippen molar-refractivity contribution in [3.63, 3.8) is 0 Å². The number of carboxylic acid groups (broad SMARTS) is 1. The highest BCUT2D eigenvalue weighted by Crippen LogP contribution is 2.14. The first-order chi connectivity index (χ1) is 5.15. The van der Waals surface area contributed by atoms with Gasteiger partial charge in [0, 0.05) is 7.05 Å². The average Bonchev–Trinajstić information content (AvgIpc) is 2.30. The zero-order valence-corrected chi connectivity index (χ0v) is 6.24. The van der Waals surface area contributed by atoms with Crippen LogP contribution in [0.25, 0.3) is 0 Å². The van der Waals surface area contributed by atoms with Gasteiger partial charge in [-0.2, -0.15) is 5.10 Å². The van der Waals surface area contributed by atoms with Crippen LogP contribution in [0.15, 0.2) is 6.20 Å². The van der Waals surface area contributed by atoms with Gasteiger partial charge in [-0.1, -0.05) is 0 Å². The number of hydrogen-bond donors (Lipinski definition) is 1. The molecule has 60 valence electrons. The van der Waals surface area contributed by atoms with Gasteiger partial charge >= 0.3 is 5.97 Å². The molecule has 1 N–H and O–H groups in total. The molecule has 0 saturated carbocycles. The minimum atomic E-state index is -1.08. The lowest BCUT2D eigenvalue weighted by atomic mass is 10.4. The van der Waals surface area contributed by atoms with Gasteiger partial charge in [0.15, 0.2) is 5.75 Å². The fourth-order valence-corrected chi connectivity index (χ4v) is 0.764. The quantitative estimate of drug-likeness (QED) is 0.660.